The predicted octanol–water partition coefficient (Wildman–Crippen LogP) is 3.38. The highest BCUT2D eigenvalue weighted by atomic mass is 35.5. The molecule has 0 saturated heterocycles. The van der Waals surface area contributed by atoms with E-state index >= 15 is 0 Å². The van der Waals surface area contributed by atoms with Gasteiger partial charge in [-0.3, -0.25) is 10.1 Å². The molecule has 6 heteroatoms. The average molecular weight is 268 g/mol. The van der Waals surface area contributed by atoms with Crippen LogP contribution >= 0.6 is 11.6 Å². The molecule has 0 aliphatic heterocycles. The van der Waals surface area contributed by atoms with Gasteiger partial charge in [-0.15, -0.1) is 0 Å². The largest absolute Gasteiger partial charge is 0.362 e. The smallest absolute Gasteiger partial charge is 0.310 e. The Morgan fingerprint density at radius 3 is 2.72 bits per heavy atom. The first kappa shape index (κ1) is 14.3. The maximum Gasteiger partial charge on any atom is 0.310 e. The van der Waals surface area contributed by atoms with Gasteiger partial charge in [0.15, 0.2) is 0 Å². The van der Waals surface area contributed by atoms with Crippen molar-refractivity contribution in [3.05, 3.63) is 33.3 Å². The minimum atomic E-state index is -0.487. The summed E-state index contributed by atoms with van der Waals surface area (Å²) in [4.78, 5) is 12.4. The van der Waals surface area contributed by atoms with E-state index in [1.54, 1.807) is 12.1 Å². The highest BCUT2D eigenvalue weighted by Gasteiger charge is 2.24. The van der Waals surface area contributed by atoms with E-state index in [1.165, 1.54) is 6.07 Å². The van der Waals surface area contributed by atoms with Crippen LogP contribution in [0.3, 0.4) is 0 Å². The van der Waals surface area contributed by atoms with E-state index in [0.29, 0.717) is 18.7 Å². The fraction of sp³-hybridized carbons (Fsp3) is 0.417. The van der Waals surface area contributed by atoms with Crippen molar-refractivity contribution in [3.63, 3.8) is 0 Å². The lowest BCUT2D eigenvalue weighted by atomic mass is 10.2. The van der Waals surface area contributed by atoms with Crippen molar-refractivity contribution in [2.45, 2.75) is 26.3 Å². The molecular weight excluding hydrogens is 254 g/mol. The minimum Gasteiger partial charge on any atom is -0.362 e. The zero-order valence-electron chi connectivity index (χ0n) is 10.3. The zero-order chi connectivity index (χ0) is 13.7. The summed E-state index contributed by atoms with van der Waals surface area (Å²) >= 11 is 5.87. The van der Waals surface area contributed by atoms with Gasteiger partial charge in [-0.05, 0) is 26.0 Å². The number of nitro benzene ring substituents is 1. The van der Waals surface area contributed by atoms with Gasteiger partial charge in [0.05, 0.1) is 17.4 Å². The van der Waals surface area contributed by atoms with Crippen molar-refractivity contribution in [3.8, 4) is 6.07 Å². The Labute approximate surface area is 111 Å². The summed E-state index contributed by atoms with van der Waals surface area (Å²) in [5.41, 5.74) is 0.351. The van der Waals surface area contributed by atoms with Gasteiger partial charge in [0.25, 0.3) is 0 Å². The topological polar surface area (TPSA) is 70.2 Å². The fourth-order valence-corrected chi connectivity index (χ4v) is 1.98. The van der Waals surface area contributed by atoms with Crippen molar-refractivity contribution in [2.75, 3.05) is 11.4 Å². The van der Waals surface area contributed by atoms with Crippen molar-refractivity contribution in [1.82, 2.24) is 0 Å². The highest BCUT2D eigenvalue weighted by Crippen LogP contribution is 2.35. The first-order valence-electron chi connectivity index (χ1n) is 5.55. The van der Waals surface area contributed by atoms with E-state index in [-0.39, 0.29) is 16.8 Å². The van der Waals surface area contributed by atoms with Crippen molar-refractivity contribution in [2.24, 2.45) is 0 Å². The summed E-state index contributed by atoms with van der Waals surface area (Å²) < 4.78 is 0. The van der Waals surface area contributed by atoms with Crippen LogP contribution in [-0.2, 0) is 0 Å². The van der Waals surface area contributed by atoms with Crippen LogP contribution in [0.1, 0.15) is 20.3 Å². The van der Waals surface area contributed by atoms with E-state index in [1.807, 2.05) is 24.8 Å². The quantitative estimate of drug-likeness (QED) is 0.606. The molecule has 0 spiro atoms. The molecule has 5 nitrogen and oxygen atoms in total. The van der Waals surface area contributed by atoms with Gasteiger partial charge < -0.3 is 4.90 Å². The Kier molecular flexibility index (Phi) is 4.93. The number of nitriles is 1. The van der Waals surface area contributed by atoms with Crippen LogP contribution in [0.2, 0.25) is 5.02 Å². The van der Waals surface area contributed by atoms with Crippen LogP contribution in [0.4, 0.5) is 11.4 Å². The van der Waals surface area contributed by atoms with Gasteiger partial charge in [0.1, 0.15) is 10.7 Å². The number of rotatable bonds is 5. The summed E-state index contributed by atoms with van der Waals surface area (Å²) in [6.45, 7) is 4.28. The Morgan fingerprint density at radius 1 is 1.56 bits per heavy atom. The Morgan fingerprint density at radius 2 is 2.22 bits per heavy atom. The third-order valence-electron chi connectivity index (χ3n) is 2.55. The normalized spacial score (nSPS) is 10.2. The second-order valence-electron chi connectivity index (χ2n) is 4.06. The Hall–Kier alpha value is -1.80. The van der Waals surface area contributed by atoms with E-state index < -0.39 is 4.92 Å². The van der Waals surface area contributed by atoms with E-state index in [9.17, 15) is 10.1 Å². The molecule has 0 heterocycles. The van der Waals surface area contributed by atoms with Crippen molar-refractivity contribution >= 4 is 23.0 Å². The van der Waals surface area contributed by atoms with E-state index in [4.69, 9.17) is 16.9 Å². The van der Waals surface area contributed by atoms with Crippen LogP contribution in [0, 0.1) is 21.4 Å². The molecule has 0 atom stereocenters. The van der Waals surface area contributed by atoms with Crippen LogP contribution < -0.4 is 4.90 Å². The monoisotopic (exact) mass is 267 g/mol. The number of anilines is 1. The third-order valence-corrected chi connectivity index (χ3v) is 2.85. The first-order chi connectivity index (χ1) is 8.49. The molecule has 0 aliphatic rings. The second kappa shape index (κ2) is 6.22. The lowest BCUT2D eigenvalue weighted by Gasteiger charge is -2.27. The number of para-hydroxylation sites is 1. The molecule has 0 N–H and O–H groups in total. The summed E-state index contributed by atoms with van der Waals surface area (Å²) in [5.74, 6) is 0. The van der Waals surface area contributed by atoms with E-state index in [0.717, 1.165) is 0 Å². The molecule has 1 aromatic rings. The zero-order valence-corrected chi connectivity index (χ0v) is 11.0. The van der Waals surface area contributed by atoms with Gasteiger partial charge in [-0.1, -0.05) is 17.7 Å². The molecule has 96 valence electrons. The number of nitro groups is 1. The van der Waals surface area contributed by atoms with E-state index in [2.05, 4.69) is 0 Å². The fourth-order valence-electron chi connectivity index (χ4n) is 1.74. The van der Waals surface area contributed by atoms with Crippen LogP contribution in [-0.4, -0.2) is 17.5 Å². The van der Waals surface area contributed by atoms with Gasteiger partial charge in [0, 0.05) is 12.6 Å². The summed E-state index contributed by atoms with van der Waals surface area (Å²) in [6, 6.07) is 6.91. The molecule has 0 aliphatic carbocycles. The standard InChI is InChI=1S/C12H14ClN3O2/c1-9(2)15(8-4-7-14)11-6-3-5-10(13)12(11)16(17)18/h3,5-6,9H,4,8H2,1-2H3. The molecule has 1 aromatic carbocycles. The number of halogens is 1. The van der Waals surface area contributed by atoms with Crippen LogP contribution in [0.5, 0.6) is 0 Å². The summed E-state index contributed by atoms with van der Waals surface area (Å²) in [6.07, 6.45) is 0.307. The van der Waals surface area contributed by atoms with Crippen LogP contribution in [0.15, 0.2) is 18.2 Å². The molecule has 0 radical (unpaired) electrons. The highest BCUT2D eigenvalue weighted by molar-refractivity contribution is 6.33. The molecule has 0 amide bonds. The van der Waals surface area contributed by atoms with Crippen molar-refractivity contribution < 1.29 is 4.92 Å². The number of hydrogen-bond acceptors (Lipinski definition) is 4. The third kappa shape index (κ3) is 3.11. The Bertz CT molecular complexity index is 483. The SMILES string of the molecule is CC(C)N(CCC#N)c1cccc(Cl)c1[N+](=O)[O-]. The summed E-state index contributed by atoms with van der Waals surface area (Å²) in [7, 11) is 0. The number of nitrogens with zero attached hydrogens (tertiary/aromatic N) is 3. The lowest BCUT2D eigenvalue weighted by molar-refractivity contribution is -0.384. The maximum atomic E-state index is 11.1. The van der Waals surface area contributed by atoms with Gasteiger partial charge in [0.2, 0.25) is 0 Å². The van der Waals surface area contributed by atoms with Crippen LogP contribution in [0.25, 0.3) is 0 Å². The molecule has 1 rings (SSSR count). The molecular formula is C12H14ClN3O2. The number of hydrogen-bond donors (Lipinski definition) is 0. The molecule has 0 fully saturated rings. The van der Waals surface area contributed by atoms with Gasteiger partial charge in [-0.25, -0.2) is 0 Å². The average Bonchev–Trinajstić information content (AvgIpc) is 2.28. The number of benzene rings is 1. The summed E-state index contributed by atoms with van der Waals surface area (Å²) in [5, 5.41) is 19.8. The van der Waals surface area contributed by atoms with Gasteiger partial charge in [-0.2, -0.15) is 5.26 Å². The van der Waals surface area contributed by atoms with Crippen molar-refractivity contribution in [1.29, 1.82) is 5.26 Å². The maximum absolute atomic E-state index is 11.1. The Balaban J connectivity index is 3.24. The molecule has 0 bridgehead atoms. The first-order valence-corrected chi connectivity index (χ1v) is 5.93. The minimum absolute atomic E-state index is 0.0514. The molecule has 0 aromatic heterocycles. The molecule has 0 unspecified atom stereocenters. The molecule has 18 heavy (non-hydrogen) atoms. The predicted molar refractivity (Wildman–Crippen MR) is 70.8 cm³/mol. The lowest BCUT2D eigenvalue weighted by Crippen LogP contribution is -2.32. The van der Waals surface area contributed by atoms with Gasteiger partial charge >= 0.3 is 5.69 Å². The second-order valence-corrected chi connectivity index (χ2v) is 4.47. The molecule has 0 saturated carbocycles.